The van der Waals surface area contributed by atoms with Crippen LogP contribution in [-0.2, 0) is 6.42 Å². The van der Waals surface area contributed by atoms with Gasteiger partial charge in [0.25, 0.3) is 0 Å². The van der Waals surface area contributed by atoms with Crippen molar-refractivity contribution in [1.82, 2.24) is 4.98 Å². The van der Waals surface area contributed by atoms with Crippen LogP contribution in [-0.4, -0.2) is 11.3 Å². The zero-order valence-electron chi connectivity index (χ0n) is 11.0. The number of hydrogen-bond donors (Lipinski definition) is 0. The number of nitriles is 1. The molecule has 1 aromatic carbocycles. The molecule has 0 aliphatic rings. The molecular weight excluding hydrogens is 282 g/mol. The topological polar surface area (TPSA) is 45.9 Å². The molecule has 1 aromatic heterocycles. The van der Waals surface area contributed by atoms with E-state index in [1.807, 2.05) is 6.92 Å². The molecule has 0 aliphatic heterocycles. The smallest absolute Gasteiger partial charge is 0.235 e. The third-order valence-electron chi connectivity index (χ3n) is 2.61. The van der Waals surface area contributed by atoms with E-state index in [0.717, 1.165) is 17.4 Å². The molecule has 0 fully saturated rings. The molecule has 104 valence electrons. The van der Waals surface area contributed by atoms with Gasteiger partial charge in [0.05, 0.1) is 11.1 Å². The van der Waals surface area contributed by atoms with Crippen molar-refractivity contribution < 1.29 is 13.5 Å². The minimum Gasteiger partial charge on any atom is -0.460 e. The number of aryl methyl sites for hydroxylation is 1. The SMILES string of the molecule is CCc1cnc(-c2cc(C#N)c(F)cc2OC(C)F)s1. The molecule has 1 unspecified atom stereocenters. The summed E-state index contributed by atoms with van der Waals surface area (Å²) in [6.45, 7) is 3.20. The first-order valence-corrected chi connectivity index (χ1v) is 6.86. The predicted molar refractivity (Wildman–Crippen MR) is 72.8 cm³/mol. The molecule has 0 bridgehead atoms. The normalized spacial score (nSPS) is 11.9. The van der Waals surface area contributed by atoms with Crippen LogP contribution in [0.1, 0.15) is 24.3 Å². The first kappa shape index (κ1) is 14.4. The van der Waals surface area contributed by atoms with E-state index in [2.05, 4.69) is 4.98 Å². The second kappa shape index (κ2) is 5.97. The van der Waals surface area contributed by atoms with Gasteiger partial charge in [0.1, 0.15) is 22.6 Å². The second-order valence-electron chi connectivity index (χ2n) is 4.09. The van der Waals surface area contributed by atoms with Gasteiger partial charge >= 0.3 is 0 Å². The third-order valence-corrected chi connectivity index (χ3v) is 3.79. The first-order valence-electron chi connectivity index (χ1n) is 6.04. The second-order valence-corrected chi connectivity index (χ2v) is 5.20. The average Bonchev–Trinajstić information content (AvgIpc) is 2.87. The largest absolute Gasteiger partial charge is 0.460 e. The lowest BCUT2D eigenvalue weighted by Gasteiger charge is -2.11. The van der Waals surface area contributed by atoms with Gasteiger partial charge in [-0.15, -0.1) is 11.3 Å². The molecule has 3 nitrogen and oxygen atoms in total. The number of thiazole rings is 1. The summed E-state index contributed by atoms with van der Waals surface area (Å²) < 4.78 is 31.6. The monoisotopic (exact) mass is 294 g/mol. The van der Waals surface area contributed by atoms with Crippen molar-refractivity contribution in [2.45, 2.75) is 26.6 Å². The standard InChI is InChI=1S/C14H12F2N2OS/c1-3-10-7-18-14(20-10)11-4-9(6-17)12(16)5-13(11)19-8(2)15/h4-5,7-8H,3H2,1-2H3. The van der Waals surface area contributed by atoms with Crippen molar-refractivity contribution in [3.8, 4) is 22.4 Å². The summed E-state index contributed by atoms with van der Waals surface area (Å²) in [5.74, 6) is -0.687. The average molecular weight is 294 g/mol. The fraction of sp³-hybridized carbons (Fsp3) is 0.286. The molecule has 1 atom stereocenters. The molecule has 2 aromatic rings. The fourth-order valence-corrected chi connectivity index (χ4v) is 2.55. The lowest BCUT2D eigenvalue weighted by molar-refractivity contribution is 0.0863. The highest BCUT2D eigenvalue weighted by Gasteiger charge is 2.17. The summed E-state index contributed by atoms with van der Waals surface area (Å²) in [6, 6.07) is 4.12. The summed E-state index contributed by atoms with van der Waals surface area (Å²) in [5, 5.41) is 9.47. The van der Waals surface area contributed by atoms with Gasteiger partial charge < -0.3 is 4.74 Å². The van der Waals surface area contributed by atoms with E-state index in [1.54, 1.807) is 12.3 Å². The molecule has 0 saturated carbocycles. The molecule has 6 heteroatoms. The molecule has 0 amide bonds. The highest BCUT2D eigenvalue weighted by Crippen LogP contribution is 2.35. The van der Waals surface area contributed by atoms with Crippen molar-refractivity contribution in [2.75, 3.05) is 0 Å². The summed E-state index contributed by atoms with van der Waals surface area (Å²) in [5.41, 5.74) is 0.309. The maximum atomic E-state index is 13.6. The van der Waals surface area contributed by atoms with Crippen molar-refractivity contribution in [1.29, 1.82) is 5.26 Å². The quantitative estimate of drug-likeness (QED) is 0.853. The lowest BCUT2D eigenvalue weighted by Crippen LogP contribution is -2.05. The van der Waals surface area contributed by atoms with Crippen LogP contribution < -0.4 is 4.74 Å². The maximum absolute atomic E-state index is 13.6. The van der Waals surface area contributed by atoms with Crippen molar-refractivity contribution in [3.63, 3.8) is 0 Å². The maximum Gasteiger partial charge on any atom is 0.235 e. The van der Waals surface area contributed by atoms with Crippen molar-refractivity contribution in [2.24, 2.45) is 0 Å². The van der Waals surface area contributed by atoms with Gasteiger partial charge in [0, 0.05) is 24.1 Å². The van der Waals surface area contributed by atoms with Gasteiger partial charge in [-0.1, -0.05) is 6.92 Å². The van der Waals surface area contributed by atoms with Crippen LogP contribution in [0.25, 0.3) is 10.6 Å². The van der Waals surface area contributed by atoms with Gasteiger partial charge in [0.15, 0.2) is 0 Å². The van der Waals surface area contributed by atoms with Gasteiger partial charge in [-0.25, -0.2) is 13.8 Å². The number of nitrogens with zero attached hydrogens (tertiary/aromatic N) is 2. The Kier molecular flexibility index (Phi) is 4.30. The number of benzene rings is 1. The number of ether oxygens (including phenoxy) is 1. The number of aromatic nitrogens is 1. The van der Waals surface area contributed by atoms with Crippen LogP contribution in [0, 0.1) is 17.1 Å². The van der Waals surface area contributed by atoms with E-state index in [-0.39, 0.29) is 11.3 Å². The Morgan fingerprint density at radius 2 is 2.25 bits per heavy atom. The molecule has 20 heavy (non-hydrogen) atoms. The van der Waals surface area contributed by atoms with Crippen LogP contribution in [0.15, 0.2) is 18.3 Å². The predicted octanol–water partition coefficient (Wildman–Crippen LogP) is 4.08. The molecule has 1 heterocycles. The fourth-order valence-electron chi connectivity index (χ4n) is 1.68. The minimum absolute atomic E-state index is 0.0495. The molecule has 0 aliphatic carbocycles. The zero-order valence-corrected chi connectivity index (χ0v) is 11.8. The molecule has 0 radical (unpaired) electrons. The zero-order chi connectivity index (χ0) is 14.7. The van der Waals surface area contributed by atoms with Gasteiger partial charge in [0.2, 0.25) is 6.36 Å². The summed E-state index contributed by atoms with van der Waals surface area (Å²) >= 11 is 1.41. The summed E-state index contributed by atoms with van der Waals surface area (Å²) in [4.78, 5) is 5.26. The van der Waals surface area contributed by atoms with Crippen LogP contribution in [0.4, 0.5) is 8.78 Å². The third kappa shape index (κ3) is 2.94. The summed E-state index contributed by atoms with van der Waals surface area (Å²) in [7, 11) is 0. The van der Waals surface area contributed by atoms with Crippen LogP contribution in [0.5, 0.6) is 5.75 Å². The number of halogens is 2. The van der Waals surface area contributed by atoms with Crippen LogP contribution >= 0.6 is 11.3 Å². The van der Waals surface area contributed by atoms with Gasteiger partial charge in [-0.3, -0.25) is 0 Å². The molecule has 2 rings (SSSR count). The highest BCUT2D eigenvalue weighted by molar-refractivity contribution is 7.15. The van der Waals surface area contributed by atoms with Crippen LogP contribution in [0.3, 0.4) is 0 Å². The Labute approximate surface area is 119 Å². The lowest BCUT2D eigenvalue weighted by atomic mass is 10.1. The van der Waals surface area contributed by atoms with Gasteiger partial charge in [-0.05, 0) is 12.5 Å². The van der Waals surface area contributed by atoms with Gasteiger partial charge in [-0.2, -0.15) is 5.26 Å². The highest BCUT2D eigenvalue weighted by atomic mass is 32.1. The minimum atomic E-state index is -1.58. The van der Waals surface area contributed by atoms with E-state index in [1.165, 1.54) is 24.3 Å². The van der Waals surface area contributed by atoms with Crippen molar-refractivity contribution in [3.05, 3.63) is 34.6 Å². The van der Waals surface area contributed by atoms with E-state index < -0.39 is 12.2 Å². The Hall–Kier alpha value is -2.00. The van der Waals surface area contributed by atoms with Crippen LogP contribution in [0.2, 0.25) is 0 Å². The number of hydrogen-bond acceptors (Lipinski definition) is 4. The van der Waals surface area contributed by atoms with E-state index in [0.29, 0.717) is 10.6 Å². The molecule has 0 spiro atoms. The summed E-state index contributed by atoms with van der Waals surface area (Å²) in [6.07, 6.45) is 0.948. The molecular formula is C14H12F2N2OS. The molecule has 0 N–H and O–H groups in total. The van der Waals surface area contributed by atoms with Crippen molar-refractivity contribution >= 4 is 11.3 Å². The Morgan fingerprint density at radius 3 is 2.80 bits per heavy atom. The van der Waals surface area contributed by atoms with E-state index in [4.69, 9.17) is 10.00 Å². The first-order chi connectivity index (χ1) is 9.55. The van der Waals surface area contributed by atoms with E-state index >= 15 is 0 Å². The number of alkyl halides is 1. The molecule has 0 saturated heterocycles. The number of rotatable bonds is 4. The Balaban J connectivity index is 2.56. The Morgan fingerprint density at radius 1 is 1.50 bits per heavy atom. The Bertz CT molecular complexity index is 662. The van der Waals surface area contributed by atoms with E-state index in [9.17, 15) is 8.78 Å².